The summed E-state index contributed by atoms with van der Waals surface area (Å²) in [5, 5.41) is 13.8. The lowest BCUT2D eigenvalue weighted by atomic mass is 10.1. The summed E-state index contributed by atoms with van der Waals surface area (Å²) in [5.41, 5.74) is 1.55. The average Bonchev–Trinajstić information content (AvgIpc) is 2.63. The second kappa shape index (κ2) is 8.14. The van der Waals surface area contributed by atoms with Crippen molar-refractivity contribution in [2.24, 2.45) is 0 Å². The molecule has 0 radical (unpaired) electrons. The highest BCUT2D eigenvalue weighted by Gasteiger charge is 2.04. The second-order valence-electron chi connectivity index (χ2n) is 5.41. The standard InChI is InChI=1S/C18H17F2N5/c19-15-7-5-13(6-8-15)9-10-21-17-12-23-25-18(24-17)22-11-14-3-1-2-4-16(14)20/h1-8,12H,9-11H2,(H2,21,22,24,25). The fourth-order valence-corrected chi connectivity index (χ4v) is 2.27. The molecule has 0 aliphatic heterocycles. The molecule has 0 aliphatic rings. The fraction of sp³-hybridized carbons (Fsp3) is 0.167. The molecule has 0 spiro atoms. The normalized spacial score (nSPS) is 10.5. The monoisotopic (exact) mass is 341 g/mol. The van der Waals surface area contributed by atoms with Gasteiger partial charge in [-0.2, -0.15) is 10.1 Å². The lowest BCUT2D eigenvalue weighted by molar-refractivity contribution is 0.612. The number of halogens is 2. The van der Waals surface area contributed by atoms with Crippen LogP contribution >= 0.6 is 0 Å². The van der Waals surface area contributed by atoms with Gasteiger partial charge in [0.25, 0.3) is 0 Å². The van der Waals surface area contributed by atoms with Gasteiger partial charge >= 0.3 is 0 Å². The molecule has 128 valence electrons. The molecule has 0 fully saturated rings. The van der Waals surface area contributed by atoms with E-state index in [2.05, 4.69) is 25.8 Å². The number of hydrogen-bond donors (Lipinski definition) is 2. The molecule has 0 saturated heterocycles. The molecule has 0 unspecified atom stereocenters. The minimum absolute atomic E-state index is 0.248. The lowest BCUT2D eigenvalue weighted by Crippen LogP contribution is -2.10. The quantitative estimate of drug-likeness (QED) is 0.689. The van der Waals surface area contributed by atoms with Gasteiger partial charge in [-0.15, -0.1) is 5.10 Å². The Kier molecular flexibility index (Phi) is 5.46. The van der Waals surface area contributed by atoms with Gasteiger partial charge in [0, 0.05) is 18.7 Å². The van der Waals surface area contributed by atoms with Crippen molar-refractivity contribution in [2.75, 3.05) is 17.2 Å². The largest absolute Gasteiger partial charge is 0.368 e. The molecule has 2 N–H and O–H groups in total. The number of nitrogens with one attached hydrogen (secondary N) is 2. The zero-order valence-electron chi connectivity index (χ0n) is 13.4. The molecule has 0 atom stereocenters. The van der Waals surface area contributed by atoms with E-state index in [0.29, 0.717) is 23.9 Å². The molecule has 0 saturated carbocycles. The van der Waals surface area contributed by atoms with E-state index in [-0.39, 0.29) is 18.2 Å². The van der Waals surface area contributed by atoms with Crippen LogP contribution in [0.1, 0.15) is 11.1 Å². The van der Waals surface area contributed by atoms with Crippen molar-refractivity contribution in [3.8, 4) is 0 Å². The highest BCUT2D eigenvalue weighted by molar-refractivity contribution is 5.37. The molecule has 1 aromatic heterocycles. The first-order valence-corrected chi connectivity index (χ1v) is 7.86. The predicted molar refractivity (Wildman–Crippen MR) is 92.1 cm³/mol. The summed E-state index contributed by atoms with van der Waals surface area (Å²) in [4.78, 5) is 4.28. The van der Waals surface area contributed by atoms with Gasteiger partial charge in [-0.3, -0.25) is 0 Å². The summed E-state index contributed by atoms with van der Waals surface area (Å²) in [6, 6.07) is 12.9. The molecule has 7 heteroatoms. The van der Waals surface area contributed by atoms with Crippen molar-refractivity contribution in [2.45, 2.75) is 13.0 Å². The van der Waals surface area contributed by atoms with Crippen LogP contribution in [0.3, 0.4) is 0 Å². The Balaban J connectivity index is 1.52. The van der Waals surface area contributed by atoms with E-state index < -0.39 is 0 Å². The Morgan fingerprint density at radius 2 is 1.72 bits per heavy atom. The third-order valence-corrected chi connectivity index (χ3v) is 3.59. The fourth-order valence-electron chi connectivity index (χ4n) is 2.27. The summed E-state index contributed by atoms with van der Waals surface area (Å²) in [6.07, 6.45) is 2.24. The van der Waals surface area contributed by atoms with Crippen molar-refractivity contribution >= 4 is 11.8 Å². The molecule has 0 amide bonds. The summed E-state index contributed by atoms with van der Waals surface area (Å²) in [6.45, 7) is 0.893. The van der Waals surface area contributed by atoms with E-state index in [9.17, 15) is 8.78 Å². The molecule has 25 heavy (non-hydrogen) atoms. The van der Waals surface area contributed by atoms with Gasteiger partial charge in [-0.25, -0.2) is 8.78 Å². The third-order valence-electron chi connectivity index (χ3n) is 3.59. The topological polar surface area (TPSA) is 62.7 Å². The van der Waals surface area contributed by atoms with Crippen LogP contribution in [0.4, 0.5) is 20.5 Å². The van der Waals surface area contributed by atoms with Crippen molar-refractivity contribution < 1.29 is 8.78 Å². The van der Waals surface area contributed by atoms with Crippen molar-refractivity contribution in [1.82, 2.24) is 15.2 Å². The number of benzene rings is 2. The van der Waals surface area contributed by atoms with Gasteiger partial charge in [0.15, 0.2) is 5.82 Å². The van der Waals surface area contributed by atoms with Gasteiger partial charge in [0.05, 0.1) is 6.20 Å². The lowest BCUT2D eigenvalue weighted by Gasteiger charge is -2.08. The van der Waals surface area contributed by atoms with Gasteiger partial charge < -0.3 is 10.6 Å². The van der Waals surface area contributed by atoms with Crippen LogP contribution in [0.5, 0.6) is 0 Å². The van der Waals surface area contributed by atoms with Crippen LogP contribution in [-0.2, 0) is 13.0 Å². The summed E-state index contributed by atoms with van der Waals surface area (Å²) < 4.78 is 26.5. The molecule has 3 aromatic rings. The van der Waals surface area contributed by atoms with Crippen LogP contribution in [0.25, 0.3) is 0 Å². The minimum atomic E-state index is -0.281. The highest BCUT2D eigenvalue weighted by atomic mass is 19.1. The number of hydrogen-bond acceptors (Lipinski definition) is 5. The van der Waals surface area contributed by atoms with E-state index in [1.165, 1.54) is 24.4 Å². The first-order chi connectivity index (χ1) is 12.2. The maximum atomic E-state index is 13.6. The molecule has 0 bridgehead atoms. The van der Waals surface area contributed by atoms with E-state index >= 15 is 0 Å². The van der Waals surface area contributed by atoms with Crippen molar-refractivity contribution in [3.05, 3.63) is 77.5 Å². The number of rotatable bonds is 7. The second-order valence-corrected chi connectivity index (χ2v) is 5.41. The smallest absolute Gasteiger partial charge is 0.244 e. The predicted octanol–water partition coefficient (Wildman–Crippen LogP) is 3.42. The average molecular weight is 341 g/mol. The number of anilines is 2. The van der Waals surface area contributed by atoms with Crippen LogP contribution in [0, 0.1) is 11.6 Å². The summed E-state index contributed by atoms with van der Waals surface area (Å²) >= 11 is 0. The van der Waals surface area contributed by atoms with E-state index in [1.54, 1.807) is 30.3 Å². The van der Waals surface area contributed by atoms with Crippen LogP contribution in [0.15, 0.2) is 54.7 Å². The van der Waals surface area contributed by atoms with Gasteiger partial charge in [0.2, 0.25) is 5.95 Å². The van der Waals surface area contributed by atoms with Crippen molar-refractivity contribution in [3.63, 3.8) is 0 Å². The summed E-state index contributed by atoms with van der Waals surface area (Å²) in [5.74, 6) is 0.349. The van der Waals surface area contributed by atoms with Crippen molar-refractivity contribution in [1.29, 1.82) is 0 Å². The molecule has 3 rings (SSSR count). The third kappa shape index (κ3) is 4.94. The molecular weight excluding hydrogens is 324 g/mol. The Bertz CT molecular complexity index is 824. The van der Waals surface area contributed by atoms with E-state index in [4.69, 9.17) is 0 Å². The van der Waals surface area contributed by atoms with Crippen LogP contribution < -0.4 is 10.6 Å². The Labute approximate surface area is 144 Å². The summed E-state index contributed by atoms with van der Waals surface area (Å²) in [7, 11) is 0. The van der Waals surface area contributed by atoms with E-state index in [1.807, 2.05) is 0 Å². The van der Waals surface area contributed by atoms with Crippen LogP contribution in [-0.4, -0.2) is 21.7 Å². The minimum Gasteiger partial charge on any atom is -0.368 e. The van der Waals surface area contributed by atoms with Gasteiger partial charge in [0.1, 0.15) is 11.6 Å². The maximum absolute atomic E-state index is 13.6. The molecule has 2 aromatic carbocycles. The number of aromatic nitrogens is 3. The Morgan fingerprint density at radius 3 is 2.52 bits per heavy atom. The zero-order valence-corrected chi connectivity index (χ0v) is 13.4. The first kappa shape index (κ1) is 16.8. The number of nitrogens with zero attached hydrogens (tertiary/aromatic N) is 3. The molecule has 0 aliphatic carbocycles. The highest BCUT2D eigenvalue weighted by Crippen LogP contribution is 2.10. The molecule has 1 heterocycles. The van der Waals surface area contributed by atoms with Crippen LogP contribution in [0.2, 0.25) is 0 Å². The Hall–Kier alpha value is -3.09. The van der Waals surface area contributed by atoms with Gasteiger partial charge in [-0.1, -0.05) is 30.3 Å². The molecule has 5 nitrogen and oxygen atoms in total. The zero-order chi connectivity index (χ0) is 17.5. The Morgan fingerprint density at radius 1 is 0.920 bits per heavy atom. The SMILES string of the molecule is Fc1ccc(CCNc2cnnc(NCc3ccccc3F)n2)cc1. The maximum Gasteiger partial charge on any atom is 0.244 e. The van der Waals surface area contributed by atoms with Gasteiger partial charge in [-0.05, 0) is 30.2 Å². The van der Waals surface area contributed by atoms with E-state index in [0.717, 1.165) is 12.0 Å². The molecular formula is C18H17F2N5. The first-order valence-electron chi connectivity index (χ1n) is 7.86.